The van der Waals surface area contributed by atoms with Crippen LogP contribution in [0.25, 0.3) is 27.3 Å². The summed E-state index contributed by atoms with van der Waals surface area (Å²) >= 11 is 9.63. The lowest BCUT2D eigenvalue weighted by Crippen LogP contribution is -2.33. The molecule has 1 amide bonds. The second kappa shape index (κ2) is 9.92. The fourth-order valence-electron chi connectivity index (χ4n) is 3.67. The maximum atomic E-state index is 13.0. The largest absolute Gasteiger partial charge is 0.497 e. The van der Waals surface area contributed by atoms with E-state index in [2.05, 4.69) is 17.6 Å². The van der Waals surface area contributed by atoms with E-state index in [4.69, 9.17) is 17.0 Å². The van der Waals surface area contributed by atoms with Crippen LogP contribution in [0.3, 0.4) is 0 Å². The summed E-state index contributed by atoms with van der Waals surface area (Å²) in [6.45, 7) is 7.77. The maximum Gasteiger partial charge on any atom is 0.269 e. The van der Waals surface area contributed by atoms with Crippen LogP contribution in [0.15, 0.2) is 29.1 Å². The van der Waals surface area contributed by atoms with Crippen LogP contribution in [-0.2, 0) is 17.9 Å². The van der Waals surface area contributed by atoms with Crippen LogP contribution < -0.4 is 24.1 Å². The van der Waals surface area contributed by atoms with E-state index < -0.39 is 0 Å². The molecule has 1 aliphatic heterocycles. The molecule has 3 aromatic rings. The van der Waals surface area contributed by atoms with E-state index in [9.17, 15) is 9.59 Å². The van der Waals surface area contributed by atoms with Gasteiger partial charge in [-0.3, -0.25) is 19.1 Å². The summed E-state index contributed by atoms with van der Waals surface area (Å²) in [5.41, 5.74) is 1.06. The van der Waals surface area contributed by atoms with Gasteiger partial charge in [0.1, 0.15) is 30.9 Å². The smallest absolute Gasteiger partial charge is 0.269 e. The highest BCUT2D eigenvalue weighted by Crippen LogP contribution is 2.31. The Hall–Kier alpha value is -2.27. The summed E-state index contributed by atoms with van der Waals surface area (Å²) in [4.78, 5) is 27.9. The topological polar surface area (TPSA) is 55.4 Å². The summed E-state index contributed by atoms with van der Waals surface area (Å²) < 4.78 is 12.2. The molecule has 6 nitrogen and oxygen atoms in total. The van der Waals surface area contributed by atoms with Crippen LogP contribution in [0.4, 0.5) is 0 Å². The lowest BCUT2D eigenvalue weighted by atomic mass is 10.3. The van der Waals surface area contributed by atoms with Crippen molar-refractivity contribution in [2.24, 2.45) is 0 Å². The Labute approximate surface area is 209 Å². The van der Waals surface area contributed by atoms with Crippen LogP contribution in [0, 0.1) is 0 Å². The Bertz CT molecular complexity index is 1460. The number of methoxy groups -OCH3 is 1. The molecule has 2 aromatic heterocycles. The first-order valence-electron chi connectivity index (χ1n) is 10.6. The number of thiocarbonyl (C=S) groups is 1. The molecule has 4 rings (SSSR count). The fourth-order valence-corrected chi connectivity index (χ4v) is 7.50. The van der Waals surface area contributed by atoms with Crippen molar-refractivity contribution < 1.29 is 14.1 Å². The number of thioether (sulfide) groups is 1. The minimum Gasteiger partial charge on any atom is -0.497 e. The Morgan fingerprint density at radius 1 is 1.15 bits per heavy atom. The molecule has 172 valence electrons. The molecule has 1 saturated heterocycles. The normalized spacial score (nSPS) is 16.7. The van der Waals surface area contributed by atoms with Gasteiger partial charge in [0, 0.05) is 31.3 Å². The highest BCUT2D eigenvalue weighted by Gasteiger charge is 2.32. The van der Waals surface area contributed by atoms with Gasteiger partial charge in [-0.25, -0.2) is 0 Å². The number of hydrogen-bond acceptors (Lipinski definition) is 7. The molecule has 0 radical (unpaired) electrons. The van der Waals surface area contributed by atoms with Gasteiger partial charge in [0.15, 0.2) is 0 Å². The molecular formula is C23H24N3O3S4+. The van der Waals surface area contributed by atoms with E-state index in [0.29, 0.717) is 31.5 Å². The van der Waals surface area contributed by atoms with Crippen molar-refractivity contribution in [3.8, 4) is 5.75 Å². The second-order valence-electron chi connectivity index (χ2n) is 7.11. The molecule has 3 heterocycles. The first-order valence-corrected chi connectivity index (χ1v) is 13.5. The zero-order valence-electron chi connectivity index (χ0n) is 18.8. The summed E-state index contributed by atoms with van der Waals surface area (Å²) in [6, 6.07) is 6.07. The quantitative estimate of drug-likeness (QED) is 0.371. The van der Waals surface area contributed by atoms with Gasteiger partial charge >= 0.3 is 0 Å². The molecule has 0 saturated carbocycles. The summed E-state index contributed by atoms with van der Waals surface area (Å²) in [7, 11) is 1.67. The minimum absolute atomic E-state index is 0.0895. The fraction of sp³-hybridized carbons (Fsp3) is 0.304. The Morgan fingerprint density at radius 3 is 2.58 bits per heavy atom. The van der Waals surface area contributed by atoms with Crippen LogP contribution >= 0.6 is 46.7 Å². The number of thiazole rings is 2. The molecule has 10 heteroatoms. The number of aromatic nitrogens is 2. The highest BCUT2D eigenvalue weighted by molar-refractivity contribution is 8.30. The average Bonchev–Trinajstić information content (AvgIpc) is 3.43. The number of rotatable bonds is 6. The number of benzene rings is 1. The predicted molar refractivity (Wildman–Crippen MR) is 142 cm³/mol. The van der Waals surface area contributed by atoms with Crippen molar-refractivity contribution in [2.45, 2.75) is 33.9 Å². The van der Waals surface area contributed by atoms with Crippen molar-refractivity contribution in [3.05, 3.63) is 48.8 Å². The zero-order valence-corrected chi connectivity index (χ0v) is 22.1. The van der Waals surface area contributed by atoms with E-state index in [1.54, 1.807) is 27.9 Å². The van der Waals surface area contributed by atoms with Crippen molar-refractivity contribution in [3.63, 3.8) is 0 Å². The maximum absolute atomic E-state index is 13.0. The number of nitrogens with zero attached hydrogens (tertiary/aromatic N) is 3. The molecular weight excluding hydrogens is 495 g/mol. The Morgan fingerprint density at radius 2 is 1.94 bits per heavy atom. The van der Waals surface area contributed by atoms with E-state index in [1.165, 1.54) is 23.1 Å². The van der Waals surface area contributed by atoms with Crippen LogP contribution in [-0.4, -0.2) is 33.3 Å². The molecule has 0 N–H and O–H groups in total. The van der Waals surface area contributed by atoms with E-state index in [1.807, 2.05) is 44.2 Å². The SMILES string of the molecule is CCN1C(=O)C(=c2sc(=CC=Cc3sc4cc(OC)ccc4[n+]3CC)c(=O)n2CC)SC1=S. The predicted octanol–water partition coefficient (Wildman–Crippen LogP) is 2.94. The van der Waals surface area contributed by atoms with Gasteiger partial charge in [0.2, 0.25) is 5.52 Å². The molecule has 0 atom stereocenters. The van der Waals surface area contributed by atoms with Gasteiger partial charge in [0.25, 0.3) is 16.5 Å². The van der Waals surface area contributed by atoms with Gasteiger partial charge in [-0.2, -0.15) is 4.57 Å². The standard InChI is InChI=1S/C23H24N3O3S4/c1-5-24-15-12-11-14(29-4)13-17(15)31-18(24)10-8-9-16-20(27)25(6-2)22(32-16)19-21(28)26(7-3)23(30)33-19/h8-13H,5-7H2,1-4H3/q+1. The molecule has 0 spiro atoms. The van der Waals surface area contributed by atoms with Crippen molar-refractivity contribution in [1.29, 1.82) is 0 Å². The number of aryl methyl sites for hydroxylation is 1. The first-order chi connectivity index (χ1) is 15.9. The van der Waals surface area contributed by atoms with Crippen LogP contribution in [0.5, 0.6) is 5.75 Å². The number of allylic oxidation sites excluding steroid dienone is 1. The number of ether oxygens (including phenoxy) is 1. The molecule has 0 unspecified atom stereocenters. The third kappa shape index (κ3) is 4.32. The highest BCUT2D eigenvalue weighted by atomic mass is 32.2. The van der Waals surface area contributed by atoms with Crippen molar-refractivity contribution in [2.75, 3.05) is 13.7 Å². The number of amides is 1. The monoisotopic (exact) mass is 518 g/mol. The van der Waals surface area contributed by atoms with E-state index in [0.717, 1.165) is 27.5 Å². The Kier molecular flexibility index (Phi) is 7.18. The molecule has 1 fully saturated rings. The Balaban J connectivity index is 1.78. The third-order valence-electron chi connectivity index (χ3n) is 5.32. The number of fused-ring (bicyclic) bond motifs is 1. The molecule has 0 bridgehead atoms. The second-order valence-corrected chi connectivity index (χ2v) is 10.8. The van der Waals surface area contributed by atoms with Crippen molar-refractivity contribution in [1.82, 2.24) is 9.47 Å². The lowest BCUT2D eigenvalue weighted by Gasteiger charge is -2.09. The zero-order chi connectivity index (χ0) is 23.7. The summed E-state index contributed by atoms with van der Waals surface area (Å²) in [6.07, 6.45) is 5.75. The average molecular weight is 519 g/mol. The number of carbonyl (C=O) groups is 1. The van der Waals surface area contributed by atoms with E-state index in [-0.39, 0.29) is 11.5 Å². The molecule has 1 aliphatic rings. The van der Waals surface area contributed by atoms with Gasteiger partial charge in [-0.15, -0.1) is 11.3 Å². The first kappa shape index (κ1) is 23.9. The summed E-state index contributed by atoms with van der Waals surface area (Å²) in [5.74, 6) is 0.709. The van der Waals surface area contributed by atoms with Gasteiger partial charge in [0.05, 0.1) is 11.6 Å². The molecule has 0 aliphatic carbocycles. The minimum atomic E-state index is -0.122. The van der Waals surface area contributed by atoms with Crippen LogP contribution in [0.2, 0.25) is 0 Å². The third-order valence-corrected chi connectivity index (χ3v) is 9.15. The lowest BCUT2D eigenvalue weighted by molar-refractivity contribution is -0.665. The van der Waals surface area contributed by atoms with Gasteiger partial charge in [-0.1, -0.05) is 41.4 Å². The van der Waals surface area contributed by atoms with Crippen molar-refractivity contribution >= 4 is 84.2 Å². The van der Waals surface area contributed by atoms with Gasteiger partial charge < -0.3 is 4.74 Å². The number of hydrogen-bond donors (Lipinski definition) is 0. The van der Waals surface area contributed by atoms with Crippen LogP contribution in [0.1, 0.15) is 25.8 Å². The van der Waals surface area contributed by atoms with Gasteiger partial charge in [-0.05, 0) is 32.9 Å². The molecule has 1 aromatic carbocycles. The van der Waals surface area contributed by atoms with E-state index >= 15 is 0 Å². The number of carbonyl (C=O) groups excluding carboxylic acids is 1. The summed E-state index contributed by atoms with van der Waals surface area (Å²) in [5, 5.41) is 1.09. The molecule has 33 heavy (non-hydrogen) atoms.